The van der Waals surface area contributed by atoms with Crippen LogP contribution in [0.4, 0.5) is 5.95 Å². The summed E-state index contributed by atoms with van der Waals surface area (Å²) in [6, 6.07) is 5.72. The van der Waals surface area contributed by atoms with Gasteiger partial charge in [-0.2, -0.15) is 0 Å². The summed E-state index contributed by atoms with van der Waals surface area (Å²) in [6.45, 7) is 8.66. The van der Waals surface area contributed by atoms with Gasteiger partial charge in [-0.05, 0) is 18.2 Å². The Hall–Kier alpha value is -2.10. The summed E-state index contributed by atoms with van der Waals surface area (Å²) in [5.41, 5.74) is 0. The summed E-state index contributed by atoms with van der Waals surface area (Å²) in [6.07, 6.45) is 7.89. The van der Waals surface area contributed by atoms with E-state index < -0.39 is 0 Å². The Labute approximate surface area is 171 Å². The quantitative estimate of drug-likeness (QED) is 0.304. The van der Waals surface area contributed by atoms with Crippen molar-refractivity contribution in [2.45, 2.75) is 6.42 Å². The molecule has 8 heteroatoms. The number of rotatable bonds is 6. The molecule has 26 heavy (non-hydrogen) atoms. The molecule has 0 amide bonds. The second-order valence-electron chi connectivity index (χ2n) is 5.73. The van der Waals surface area contributed by atoms with Gasteiger partial charge in [0.1, 0.15) is 5.76 Å². The van der Waals surface area contributed by atoms with Crippen LogP contribution in [0.15, 0.2) is 58.9 Å². The number of anilines is 1. The van der Waals surface area contributed by atoms with Crippen molar-refractivity contribution in [2.24, 2.45) is 4.99 Å². The fourth-order valence-corrected chi connectivity index (χ4v) is 2.73. The van der Waals surface area contributed by atoms with Crippen LogP contribution < -0.4 is 10.2 Å². The molecule has 140 valence electrons. The molecule has 0 aromatic carbocycles. The molecule has 1 saturated heterocycles. The summed E-state index contributed by atoms with van der Waals surface area (Å²) in [4.78, 5) is 17.9. The van der Waals surface area contributed by atoms with E-state index in [0.717, 1.165) is 50.3 Å². The average Bonchev–Trinajstić information content (AvgIpc) is 3.19. The van der Waals surface area contributed by atoms with E-state index >= 15 is 0 Å². The van der Waals surface area contributed by atoms with Crippen LogP contribution in [0.25, 0.3) is 0 Å². The average molecular weight is 468 g/mol. The molecule has 0 aliphatic carbocycles. The van der Waals surface area contributed by atoms with E-state index in [4.69, 9.17) is 9.41 Å². The zero-order valence-corrected chi connectivity index (χ0v) is 17.1. The molecule has 1 aliphatic heterocycles. The van der Waals surface area contributed by atoms with Gasteiger partial charge in [0.15, 0.2) is 5.96 Å². The van der Waals surface area contributed by atoms with Gasteiger partial charge in [-0.25, -0.2) is 9.97 Å². The molecule has 3 rings (SSSR count). The summed E-state index contributed by atoms with van der Waals surface area (Å²) >= 11 is 0. The first-order valence-electron chi connectivity index (χ1n) is 8.55. The van der Waals surface area contributed by atoms with Crippen molar-refractivity contribution < 1.29 is 4.42 Å². The smallest absolute Gasteiger partial charge is 0.225 e. The molecule has 0 atom stereocenters. The molecule has 0 bridgehead atoms. The van der Waals surface area contributed by atoms with Crippen LogP contribution in [-0.4, -0.2) is 60.1 Å². The maximum Gasteiger partial charge on any atom is 0.225 e. The Morgan fingerprint density at radius 2 is 2.00 bits per heavy atom. The van der Waals surface area contributed by atoms with Crippen molar-refractivity contribution in [3.63, 3.8) is 0 Å². The number of aromatic nitrogens is 2. The number of nitrogens with zero attached hydrogens (tertiary/aromatic N) is 5. The van der Waals surface area contributed by atoms with Gasteiger partial charge in [-0.1, -0.05) is 6.08 Å². The summed E-state index contributed by atoms with van der Waals surface area (Å²) in [5.74, 6) is 2.66. The van der Waals surface area contributed by atoms with Crippen molar-refractivity contribution >= 4 is 35.9 Å². The van der Waals surface area contributed by atoms with E-state index in [0.29, 0.717) is 13.1 Å². The Kier molecular flexibility index (Phi) is 8.39. The first-order chi connectivity index (χ1) is 12.4. The lowest BCUT2D eigenvalue weighted by atomic mass is 10.3. The molecule has 2 aromatic rings. The monoisotopic (exact) mass is 468 g/mol. The lowest BCUT2D eigenvalue weighted by Gasteiger charge is -2.36. The van der Waals surface area contributed by atoms with E-state index in [1.807, 2.05) is 24.3 Å². The number of nitrogens with one attached hydrogen (secondary N) is 1. The van der Waals surface area contributed by atoms with Crippen molar-refractivity contribution in [1.29, 1.82) is 0 Å². The maximum atomic E-state index is 5.36. The third kappa shape index (κ3) is 5.72. The van der Waals surface area contributed by atoms with Crippen LogP contribution in [0.3, 0.4) is 0 Å². The molecule has 0 unspecified atom stereocenters. The highest BCUT2D eigenvalue weighted by atomic mass is 127. The zero-order chi connectivity index (χ0) is 17.3. The van der Waals surface area contributed by atoms with Crippen molar-refractivity contribution in [1.82, 2.24) is 20.2 Å². The molecular formula is C18H25IN6O. The minimum absolute atomic E-state index is 0. The van der Waals surface area contributed by atoms with Gasteiger partial charge in [-0.3, -0.25) is 4.99 Å². The van der Waals surface area contributed by atoms with Crippen LogP contribution in [0.5, 0.6) is 0 Å². The second kappa shape index (κ2) is 10.8. The molecule has 0 radical (unpaired) electrons. The van der Waals surface area contributed by atoms with Gasteiger partial charge >= 0.3 is 0 Å². The van der Waals surface area contributed by atoms with Gasteiger partial charge in [0.25, 0.3) is 0 Å². The van der Waals surface area contributed by atoms with E-state index in [1.54, 1.807) is 18.7 Å². The van der Waals surface area contributed by atoms with Crippen LogP contribution in [0.1, 0.15) is 5.76 Å². The maximum absolute atomic E-state index is 5.36. The largest absolute Gasteiger partial charge is 0.469 e. The van der Waals surface area contributed by atoms with Gasteiger partial charge in [-0.15, -0.1) is 30.6 Å². The minimum atomic E-state index is 0. The topological polar surface area (TPSA) is 69.8 Å². The molecule has 0 spiro atoms. The van der Waals surface area contributed by atoms with Gasteiger partial charge in [0.2, 0.25) is 5.95 Å². The summed E-state index contributed by atoms with van der Waals surface area (Å²) in [7, 11) is 0. The molecule has 1 fully saturated rings. The van der Waals surface area contributed by atoms with E-state index in [1.165, 1.54) is 0 Å². The highest BCUT2D eigenvalue weighted by Crippen LogP contribution is 2.10. The Bertz CT molecular complexity index is 668. The number of hydrogen-bond donors (Lipinski definition) is 1. The Balaban J connectivity index is 0.00000243. The van der Waals surface area contributed by atoms with Crippen LogP contribution in [0.2, 0.25) is 0 Å². The van der Waals surface area contributed by atoms with Crippen molar-refractivity contribution in [2.75, 3.05) is 44.2 Å². The number of piperazine rings is 1. The number of aliphatic imine (C=N–C) groups is 1. The van der Waals surface area contributed by atoms with Gasteiger partial charge < -0.3 is 19.5 Å². The number of halogens is 1. The van der Waals surface area contributed by atoms with E-state index in [9.17, 15) is 0 Å². The van der Waals surface area contributed by atoms with Gasteiger partial charge in [0.05, 0.1) is 6.26 Å². The van der Waals surface area contributed by atoms with Gasteiger partial charge in [0, 0.05) is 58.1 Å². The fraction of sp³-hybridized carbons (Fsp3) is 0.389. The summed E-state index contributed by atoms with van der Waals surface area (Å²) < 4.78 is 5.36. The molecule has 7 nitrogen and oxygen atoms in total. The fourth-order valence-electron chi connectivity index (χ4n) is 2.73. The molecule has 1 aliphatic rings. The third-order valence-corrected chi connectivity index (χ3v) is 4.02. The Morgan fingerprint density at radius 3 is 2.65 bits per heavy atom. The first-order valence-corrected chi connectivity index (χ1v) is 8.55. The number of guanidine groups is 1. The lowest BCUT2D eigenvalue weighted by molar-refractivity contribution is 0.370. The standard InChI is InChI=1S/C18H24N6O.HI/c1-2-7-19-17(22-10-6-16-5-3-15-25-16)23-11-13-24(14-12-23)18-20-8-4-9-21-18;/h2-5,8-9,15H,1,6-7,10-14H2,(H,19,22);1H. The van der Waals surface area contributed by atoms with Crippen molar-refractivity contribution in [3.8, 4) is 0 Å². The normalized spacial score (nSPS) is 14.7. The molecule has 2 aromatic heterocycles. The highest BCUT2D eigenvalue weighted by Gasteiger charge is 2.21. The Morgan fingerprint density at radius 1 is 1.23 bits per heavy atom. The predicted octanol–water partition coefficient (Wildman–Crippen LogP) is 2.18. The predicted molar refractivity (Wildman–Crippen MR) is 114 cm³/mol. The first kappa shape index (κ1) is 20.2. The molecule has 0 saturated carbocycles. The minimum Gasteiger partial charge on any atom is -0.469 e. The van der Waals surface area contributed by atoms with E-state index in [-0.39, 0.29) is 24.0 Å². The van der Waals surface area contributed by atoms with Crippen molar-refractivity contribution in [3.05, 3.63) is 55.3 Å². The lowest BCUT2D eigenvalue weighted by Crippen LogP contribution is -2.53. The third-order valence-electron chi connectivity index (χ3n) is 4.02. The molecular weight excluding hydrogens is 443 g/mol. The van der Waals surface area contributed by atoms with E-state index in [2.05, 4.69) is 31.7 Å². The summed E-state index contributed by atoms with van der Waals surface area (Å²) in [5, 5.41) is 3.35. The van der Waals surface area contributed by atoms with Crippen LogP contribution in [0, 0.1) is 0 Å². The van der Waals surface area contributed by atoms with Crippen LogP contribution >= 0.6 is 24.0 Å². The highest BCUT2D eigenvalue weighted by molar-refractivity contribution is 14.0. The zero-order valence-electron chi connectivity index (χ0n) is 14.8. The molecule has 3 heterocycles. The SMILES string of the molecule is C=CCNC(=NCCc1ccco1)N1CCN(c2ncccn2)CC1.I. The molecule has 1 N–H and O–H groups in total. The number of hydrogen-bond acceptors (Lipinski definition) is 5. The second-order valence-corrected chi connectivity index (χ2v) is 5.73. The number of furan rings is 1. The van der Waals surface area contributed by atoms with Crippen LogP contribution in [-0.2, 0) is 6.42 Å².